The number of benzene rings is 1. The summed E-state index contributed by atoms with van der Waals surface area (Å²) in [4.78, 5) is 5.22. The lowest BCUT2D eigenvalue weighted by molar-refractivity contribution is 0.615. The van der Waals surface area contributed by atoms with Gasteiger partial charge in [0.1, 0.15) is 10.8 Å². The fourth-order valence-electron chi connectivity index (χ4n) is 1.74. The zero-order valence-corrected chi connectivity index (χ0v) is 12.8. The monoisotopic (exact) mass is 310 g/mol. The molecule has 0 saturated carbocycles. The van der Waals surface area contributed by atoms with Crippen molar-refractivity contribution in [1.29, 1.82) is 0 Å². The summed E-state index contributed by atoms with van der Waals surface area (Å²) in [5, 5.41) is 4.63. The van der Waals surface area contributed by atoms with Crippen LogP contribution >= 0.6 is 23.4 Å². The number of halogens is 2. The Hall–Kier alpha value is -1.10. The van der Waals surface area contributed by atoms with Gasteiger partial charge in [-0.15, -0.1) is 0 Å². The highest BCUT2D eigenvalue weighted by molar-refractivity contribution is 7.99. The van der Waals surface area contributed by atoms with Gasteiger partial charge in [0.15, 0.2) is 0 Å². The van der Waals surface area contributed by atoms with Crippen LogP contribution in [0.5, 0.6) is 0 Å². The van der Waals surface area contributed by atoms with Crippen molar-refractivity contribution in [3.8, 4) is 0 Å². The summed E-state index contributed by atoms with van der Waals surface area (Å²) in [7, 11) is 0. The summed E-state index contributed by atoms with van der Waals surface area (Å²) < 4.78 is 13.4. The second-order valence-corrected chi connectivity index (χ2v) is 5.76. The molecule has 106 valence electrons. The number of pyridine rings is 1. The van der Waals surface area contributed by atoms with Crippen molar-refractivity contribution in [3.63, 3.8) is 0 Å². The van der Waals surface area contributed by atoms with E-state index in [1.807, 2.05) is 0 Å². The highest BCUT2D eigenvalue weighted by atomic mass is 35.5. The number of nitrogens with one attached hydrogen (secondary N) is 1. The van der Waals surface area contributed by atoms with E-state index in [9.17, 15) is 4.39 Å². The van der Waals surface area contributed by atoms with Gasteiger partial charge in [0.25, 0.3) is 0 Å². The molecule has 1 aromatic carbocycles. The van der Waals surface area contributed by atoms with Crippen molar-refractivity contribution < 1.29 is 4.39 Å². The average molecular weight is 311 g/mol. The van der Waals surface area contributed by atoms with Gasteiger partial charge < -0.3 is 5.32 Å². The van der Waals surface area contributed by atoms with E-state index < -0.39 is 0 Å². The van der Waals surface area contributed by atoms with E-state index >= 15 is 0 Å². The van der Waals surface area contributed by atoms with E-state index in [0.717, 1.165) is 28.5 Å². The molecule has 0 aliphatic carbocycles. The lowest BCUT2D eigenvalue weighted by atomic mass is 10.2. The van der Waals surface area contributed by atoms with Crippen molar-refractivity contribution in [2.75, 3.05) is 6.54 Å². The largest absolute Gasteiger partial charge is 0.313 e. The van der Waals surface area contributed by atoms with Crippen LogP contribution in [0.25, 0.3) is 0 Å². The molecular weight excluding hydrogens is 295 g/mol. The molecular formula is C15H16ClFN2S. The van der Waals surface area contributed by atoms with Gasteiger partial charge in [-0.2, -0.15) is 0 Å². The summed E-state index contributed by atoms with van der Waals surface area (Å²) in [6, 6.07) is 8.38. The lowest BCUT2D eigenvalue weighted by Crippen LogP contribution is -2.14. The molecule has 0 unspecified atom stereocenters. The van der Waals surface area contributed by atoms with Crippen molar-refractivity contribution in [3.05, 3.63) is 52.9 Å². The van der Waals surface area contributed by atoms with E-state index in [0.29, 0.717) is 11.6 Å². The Morgan fingerprint density at radius 3 is 2.95 bits per heavy atom. The van der Waals surface area contributed by atoms with Crippen LogP contribution in [0.3, 0.4) is 0 Å². The molecule has 0 aliphatic rings. The van der Waals surface area contributed by atoms with Crippen LogP contribution < -0.4 is 5.32 Å². The van der Waals surface area contributed by atoms with Gasteiger partial charge in [0, 0.05) is 17.6 Å². The molecule has 0 saturated heterocycles. The topological polar surface area (TPSA) is 24.9 Å². The molecule has 20 heavy (non-hydrogen) atoms. The van der Waals surface area contributed by atoms with Crippen LogP contribution in [0.2, 0.25) is 5.02 Å². The van der Waals surface area contributed by atoms with Crippen LogP contribution in [-0.2, 0) is 6.54 Å². The Balaban J connectivity index is 2.20. The Morgan fingerprint density at radius 2 is 2.20 bits per heavy atom. The van der Waals surface area contributed by atoms with Gasteiger partial charge in [-0.1, -0.05) is 30.3 Å². The van der Waals surface area contributed by atoms with Crippen molar-refractivity contribution in [1.82, 2.24) is 10.3 Å². The highest BCUT2D eigenvalue weighted by Gasteiger charge is 2.09. The minimum atomic E-state index is -0.227. The number of hydrogen-bond donors (Lipinski definition) is 1. The molecule has 2 aromatic rings. The molecule has 1 aromatic heterocycles. The first kappa shape index (κ1) is 15.3. The van der Waals surface area contributed by atoms with E-state index in [4.69, 9.17) is 11.6 Å². The summed E-state index contributed by atoms with van der Waals surface area (Å²) in [6.07, 6.45) is 2.75. The van der Waals surface area contributed by atoms with Gasteiger partial charge in [-0.3, -0.25) is 0 Å². The van der Waals surface area contributed by atoms with Gasteiger partial charge in [0.2, 0.25) is 0 Å². The predicted octanol–water partition coefficient (Wildman–Crippen LogP) is 4.52. The van der Waals surface area contributed by atoms with Gasteiger partial charge in [0.05, 0.1) is 5.02 Å². The first-order chi connectivity index (χ1) is 9.70. The number of nitrogens with zero attached hydrogens (tertiary/aromatic N) is 1. The van der Waals surface area contributed by atoms with E-state index in [1.165, 1.54) is 17.8 Å². The van der Waals surface area contributed by atoms with E-state index in [2.05, 4.69) is 17.2 Å². The Kier molecular flexibility index (Phi) is 5.83. The van der Waals surface area contributed by atoms with Gasteiger partial charge >= 0.3 is 0 Å². The molecule has 1 heterocycles. The molecule has 2 rings (SSSR count). The fourth-order valence-corrected chi connectivity index (χ4v) is 2.86. The van der Waals surface area contributed by atoms with Crippen LogP contribution in [-0.4, -0.2) is 11.5 Å². The number of aromatic nitrogens is 1. The maximum absolute atomic E-state index is 13.4. The Labute approximate surface area is 127 Å². The molecule has 0 bridgehead atoms. The normalized spacial score (nSPS) is 10.8. The maximum atomic E-state index is 13.4. The number of rotatable bonds is 6. The Bertz CT molecular complexity index is 578. The van der Waals surface area contributed by atoms with Crippen LogP contribution in [0.15, 0.2) is 46.5 Å². The molecule has 1 N–H and O–H groups in total. The molecule has 0 amide bonds. The zero-order valence-electron chi connectivity index (χ0n) is 11.2. The summed E-state index contributed by atoms with van der Waals surface area (Å²) in [5.41, 5.74) is 0.921. The summed E-state index contributed by atoms with van der Waals surface area (Å²) in [6.45, 7) is 3.64. The quantitative estimate of drug-likeness (QED) is 0.794. The van der Waals surface area contributed by atoms with Crippen molar-refractivity contribution in [2.24, 2.45) is 0 Å². The fraction of sp³-hybridized carbons (Fsp3) is 0.267. The third-order valence-corrected chi connectivity index (χ3v) is 4.25. The van der Waals surface area contributed by atoms with Crippen molar-refractivity contribution >= 4 is 23.4 Å². The zero-order chi connectivity index (χ0) is 14.4. The second kappa shape index (κ2) is 7.62. The highest BCUT2D eigenvalue weighted by Crippen LogP contribution is 2.33. The summed E-state index contributed by atoms with van der Waals surface area (Å²) >= 11 is 7.57. The average Bonchev–Trinajstić information content (AvgIpc) is 2.44. The predicted molar refractivity (Wildman–Crippen MR) is 81.8 cm³/mol. The third-order valence-electron chi connectivity index (χ3n) is 2.70. The standard InChI is InChI=1S/C15H16ClFN2S/c1-2-7-18-10-11-9-12(17)5-6-14(11)20-15-13(16)4-3-8-19-15/h3-6,8-9,18H,2,7,10H2,1H3. The van der Waals surface area contributed by atoms with Crippen molar-refractivity contribution in [2.45, 2.75) is 29.8 Å². The molecule has 0 fully saturated rings. The minimum Gasteiger partial charge on any atom is -0.313 e. The van der Waals surface area contributed by atoms with E-state index in [-0.39, 0.29) is 5.82 Å². The first-order valence-corrected chi connectivity index (χ1v) is 7.67. The Morgan fingerprint density at radius 1 is 1.35 bits per heavy atom. The van der Waals surface area contributed by atoms with E-state index in [1.54, 1.807) is 30.5 Å². The maximum Gasteiger partial charge on any atom is 0.123 e. The second-order valence-electron chi connectivity index (χ2n) is 4.32. The van der Waals surface area contributed by atoms with Crippen LogP contribution in [0, 0.1) is 5.82 Å². The molecule has 0 aliphatic heterocycles. The molecule has 5 heteroatoms. The first-order valence-electron chi connectivity index (χ1n) is 6.48. The SMILES string of the molecule is CCCNCc1cc(F)ccc1Sc1ncccc1Cl. The third kappa shape index (κ3) is 4.20. The molecule has 0 radical (unpaired) electrons. The molecule has 2 nitrogen and oxygen atoms in total. The minimum absolute atomic E-state index is 0.227. The van der Waals surface area contributed by atoms with Gasteiger partial charge in [-0.25, -0.2) is 9.37 Å². The van der Waals surface area contributed by atoms with Crippen LogP contribution in [0.4, 0.5) is 4.39 Å². The molecule has 0 spiro atoms. The lowest BCUT2D eigenvalue weighted by Gasteiger charge is -2.10. The summed E-state index contributed by atoms with van der Waals surface area (Å²) in [5.74, 6) is -0.227. The van der Waals surface area contributed by atoms with Gasteiger partial charge in [-0.05, 0) is 48.9 Å². The molecule has 0 atom stereocenters. The van der Waals surface area contributed by atoms with Crippen LogP contribution in [0.1, 0.15) is 18.9 Å². The smallest absolute Gasteiger partial charge is 0.123 e. The number of hydrogen-bond acceptors (Lipinski definition) is 3.